The molecule has 1 amide bonds. The Kier molecular flexibility index (Phi) is 4.75. The molecule has 1 unspecified atom stereocenters. The molecule has 0 spiro atoms. The summed E-state index contributed by atoms with van der Waals surface area (Å²) in [4.78, 5) is 16.2. The molecule has 6 heteroatoms. The van der Waals surface area contributed by atoms with Crippen LogP contribution in [0.1, 0.15) is 56.5 Å². The number of hydrogen-bond acceptors (Lipinski definition) is 4. The van der Waals surface area contributed by atoms with Gasteiger partial charge in [0.25, 0.3) is 5.91 Å². The van der Waals surface area contributed by atoms with Gasteiger partial charge in [-0.15, -0.1) is 5.10 Å². The number of aromatic amines is 1. The van der Waals surface area contributed by atoms with E-state index in [4.69, 9.17) is 0 Å². The lowest BCUT2D eigenvalue weighted by atomic mass is 9.77. The van der Waals surface area contributed by atoms with Gasteiger partial charge in [0.2, 0.25) is 5.82 Å². The first-order chi connectivity index (χ1) is 9.53. The predicted molar refractivity (Wildman–Crippen MR) is 77.5 cm³/mol. The molecule has 20 heavy (non-hydrogen) atoms. The lowest BCUT2D eigenvalue weighted by Crippen LogP contribution is -2.52. The molecule has 2 rings (SSSR count). The van der Waals surface area contributed by atoms with Crippen molar-refractivity contribution in [3.8, 4) is 0 Å². The predicted octanol–water partition coefficient (Wildman–Crippen LogP) is 1.27. The molecule has 2 heterocycles. The molecular formula is C14H25N5O. The molecule has 0 saturated carbocycles. The van der Waals surface area contributed by atoms with Gasteiger partial charge in [0.15, 0.2) is 0 Å². The summed E-state index contributed by atoms with van der Waals surface area (Å²) in [6, 6.07) is 0.300. The van der Waals surface area contributed by atoms with Crippen molar-refractivity contribution in [3.05, 3.63) is 11.6 Å². The largest absolute Gasteiger partial charge is 0.348 e. The van der Waals surface area contributed by atoms with Crippen LogP contribution in [-0.4, -0.2) is 40.2 Å². The first-order valence-corrected chi connectivity index (χ1v) is 7.46. The standard InChI is InChI=1S/C14H25N5O/c1-4-6-11-17-12(19-18-11)13(20)16-9-10-14(2,3)7-5-8-15-10/h10,15H,4-9H2,1-3H3,(H,16,20)(H,17,18,19). The van der Waals surface area contributed by atoms with Crippen molar-refractivity contribution in [2.75, 3.05) is 13.1 Å². The summed E-state index contributed by atoms with van der Waals surface area (Å²) in [5, 5.41) is 13.2. The second-order valence-corrected chi connectivity index (χ2v) is 6.16. The van der Waals surface area contributed by atoms with Crippen molar-refractivity contribution in [2.24, 2.45) is 5.41 Å². The topological polar surface area (TPSA) is 82.7 Å². The summed E-state index contributed by atoms with van der Waals surface area (Å²) in [5.74, 6) is 0.808. The molecule has 1 atom stereocenters. The van der Waals surface area contributed by atoms with E-state index in [2.05, 4.69) is 46.6 Å². The minimum Gasteiger partial charge on any atom is -0.348 e. The summed E-state index contributed by atoms with van der Waals surface area (Å²) < 4.78 is 0. The van der Waals surface area contributed by atoms with Crippen molar-refractivity contribution in [1.82, 2.24) is 25.8 Å². The average Bonchev–Trinajstić information content (AvgIpc) is 2.86. The van der Waals surface area contributed by atoms with Gasteiger partial charge in [0.1, 0.15) is 5.82 Å². The number of piperidine rings is 1. The lowest BCUT2D eigenvalue weighted by Gasteiger charge is -2.39. The van der Waals surface area contributed by atoms with Gasteiger partial charge in [-0.2, -0.15) is 0 Å². The Balaban J connectivity index is 1.87. The van der Waals surface area contributed by atoms with Crippen molar-refractivity contribution in [1.29, 1.82) is 0 Å². The number of aromatic nitrogens is 3. The molecule has 6 nitrogen and oxygen atoms in total. The Morgan fingerprint density at radius 2 is 2.30 bits per heavy atom. The Labute approximate surface area is 120 Å². The summed E-state index contributed by atoms with van der Waals surface area (Å²) in [5.41, 5.74) is 0.206. The highest BCUT2D eigenvalue weighted by atomic mass is 16.2. The smallest absolute Gasteiger partial charge is 0.291 e. The van der Waals surface area contributed by atoms with E-state index in [1.807, 2.05) is 0 Å². The fraction of sp³-hybridized carbons (Fsp3) is 0.786. The van der Waals surface area contributed by atoms with E-state index in [1.54, 1.807) is 0 Å². The fourth-order valence-electron chi connectivity index (χ4n) is 2.64. The zero-order valence-electron chi connectivity index (χ0n) is 12.6. The monoisotopic (exact) mass is 279 g/mol. The molecule has 0 aliphatic carbocycles. The van der Waals surface area contributed by atoms with Crippen LogP contribution in [0.15, 0.2) is 0 Å². The number of H-pyrrole nitrogens is 1. The van der Waals surface area contributed by atoms with Crippen LogP contribution in [0.2, 0.25) is 0 Å². The average molecular weight is 279 g/mol. The summed E-state index contributed by atoms with van der Waals surface area (Å²) in [7, 11) is 0. The van der Waals surface area contributed by atoms with Gasteiger partial charge >= 0.3 is 0 Å². The molecule has 0 radical (unpaired) electrons. The highest BCUT2D eigenvalue weighted by Gasteiger charge is 2.32. The van der Waals surface area contributed by atoms with Gasteiger partial charge in [-0.1, -0.05) is 20.8 Å². The van der Waals surface area contributed by atoms with Crippen LogP contribution in [0.25, 0.3) is 0 Å². The van der Waals surface area contributed by atoms with Gasteiger partial charge in [0.05, 0.1) is 0 Å². The van der Waals surface area contributed by atoms with Gasteiger partial charge in [-0.3, -0.25) is 9.89 Å². The number of carbonyl (C=O) groups is 1. The third-order valence-electron chi connectivity index (χ3n) is 4.02. The number of nitrogens with one attached hydrogen (secondary N) is 3. The highest BCUT2D eigenvalue weighted by Crippen LogP contribution is 2.29. The summed E-state index contributed by atoms with van der Waals surface area (Å²) >= 11 is 0. The van der Waals surface area contributed by atoms with Crippen molar-refractivity contribution in [3.63, 3.8) is 0 Å². The van der Waals surface area contributed by atoms with Gasteiger partial charge in [0, 0.05) is 19.0 Å². The molecule has 1 saturated heterocycles. The maximum Gasteiger partial charge on any atom is 0.291 e. The first-order valence-electron chi connectivity index (χ1n) is 7.46. The van der Waals surface area contributed by atoms with E-state index < -0.39 is 0 Å². The molecule has 1 aromatic rings. The van der Waals surface area contributed by atoms with Crippen LogP contribution in [0, 0.1) is 5.41 Å². The van der Waals surface area contributed by atoms with Crippen LogP contribution >= 0.6 is 0 Å². The van der Waals surface area contributed by atoms with Gasteiger partial charge in [-0.05, 0) is 31.2 Å². The Hall–Kier alpha value is -1.43. The van der Waals surface area contributed by atoms with E-state index in [0.29, 0.717) is 12.6 Å². The van der Waals surface area contributed by atoms with Crippen LogP contribution < -0.4 is 10.6 Å². The zero-order chi connectivity index (χ0) is 14.6. The quantitative estimate of drug-likeness (QED) is 0.758. The maximum atomic E-state index is 12.0. The van der Waals surface area contributed by atoms with Crippen molar-refractivity contribution < 1.29 is 4.79 Å². The zero-order valence-corrected chi connectivity index (χ0v) is 12.6. The molecule has 1 aliphatic rings. The number of rotatable bonds is 5. The minimum absolute atomic E-state index is 0.202. The Bertz CT molecular complexity index is 454. The molecule has 0 aromatic carbocycles. The number of carbonyl (C=O) groups excluding carboxylic acids is 1. The fourth-order valence-corrected chi connectivity index (χ4v) is 2.64. The van der Waals surface area contributed by atoms with Gasteiger partial charge < -0.3 is 10.6 Å². The normalized spacial score (nSPS) is 21.6. The third-order valence-corrected chi connectivity index (χ3v) is 4.02. The number of aryl methyl sites for hydroxylation is 1. The van der Waals surface area contributed by atoms with E-state index in [9.17, 15) is 4.79 Å². The molecule has 1 aliphatic heterocycles. The number of hydrogen-bond donors (Lipinski definition) is 3. The molecular weight excluding hydrogens is 254 g/mol. The minimum atomic E-state index is -0.202. The van der Waals surface area contributed by atoms with Crippen molar-refractivity contribution in [2.45, 2.75) is 52.5 Å². The van der Waals surface area contributed by atoms with Crippen LogP contribution in [0.3, 0.4) is 0 Å². The number of nitrogens with zero attached hydrogens (tertiary/aromatic N) is 2. The molecule has 1 fully saturated rings. The second kappa shape index (κ2) is 6.35. The summed E-state index contributed by atoms with van der Waals surface area (Å²) in [6.45, 7) is 8.18. The third kappa shape index (κ3) is 3.56. The molecule has 3 N–H and O–H groups in total. The number of amides is 1. The van der Waals surface area contributed by atoms with Crippen LogP contribution in [0.5, 0.6) is 0 Å². The molecule has 0 bridgehead atoms. The Morgan fingerprint density at radius 1 is 1.50 bits per heavy atom. The Morgan fingerprint density at radius 3 is 3.00 bits per heavy atom. The van der Waals surface area contributed by atoms with E-state index >= 15 is 0 Å². The van der Waals surface area contributed by atoms with E-state index in [-0.39, 0.29) is 17.1 Å². The maximum absolute atomic E-state index is 12.0. The molecule has 112 valence electrons. The SMILES string of the molecule is CCCc1nc(C(=O)NCC2NCCCC2(C)C)n[nH]1. The summed E-state index contributed by atoms with van der Waals surface area (Å²) in [6.07, 6.45) is 4.18. The van der Waals surface area contributed by atoms with Crippen LogP contribution in [0.4, 0.5) is 0 Å². The second-order valence-electron chi connectivity index (χ2n) is 6.16. The first kappa shape index (κ1) is 15.0. The van der Waals surface area contributed by atoms with Crippen molar-refractivity contribution >= 4 is 5.91 Å². The van der Waals surface area contributed by atoms with E-state index in [1.165, 1.54) is 12.8 Å². The highest BCUT2D eigenvalue weighted by molar-refractivity contribution is 5.90. The molecule has 1 aromatic heterocycles. The van der Waals surface area contributed by atoms with Gasteiger partial charge in [-0.25, -0.2) is 4.98 Å². The lowest BCUT2D eigenvalue weighted by molar-refractivity contribution is 0.0919. The van der Waals surface area contributed by atoms with Crippen LogP contribution in [-0.2, 0) is 6.42 Å². The van der Waals surface area contributed by atoms with E-state index in [0.717, 1.165) is 25.2 Å².